The first-order valence-electron chi connectivity index (χ1n) is 7.67. The Bertz CT molecular complexity index is 640. The van der Waals surface area contributed by atoms with Crippen LogP contribution in [0.25, 0.3) is 0 Å². The number of aliphatic carboxylic acids is 1. The Kier molecular flexibility index (Phi) is 5.92. The number of rotatable bonds is 7. The van der Waals surface area contributed by atoms with Gasteiger partial charge < -0.3 is 10.4 Å². The number of amides is 1. The predicted octanol–water partition coefficient (Wildman–Crippen LogP) is 2.99. The van der Waals surface area contributed by atoms with E-state index in [0.717, 1.165) is 17.5 Å². The minimum absolute atomic E-state index is 0.0135. The summed E-state index contributed by atoms with van der Waals surface area (Å²) in [5, 5.41) is 11.4. The van der Waals surface area contributed by atoms with Gasteiger partial charge in [0.15, 0.2) is 0 Å². The van der Waals surface area contributed by atoms with E-state index in [1.165, 1.54) is 6.92 Å². The molecule has 0 aliphatic carbocycles. The minimum atomic E-state index is -1.03. The summed E-state index contributed by atoms with van der Waals surface area (Å²) >= 11 is 0. The molecule has 0 heterocycles. The van der Waals surface area contributed by atoms with Crippen LogP contribution in [0.3, 0.4) is 0 Å². The van der Waals surface area contributed by atoms with Gasteiger partial charge in [-0.3, -0.25) is 9.59 Å². The number of nitrogens with one attached hydrogen (secondary N) is 1. The predicted molar refractivity (Wildman–Crippen MR) is 89.2 cm³/mol. The summed E-state index contributed by atoms with van der Waals surface area (Å²) in [4.78, 5) is 23.0. The zero-order valence-electron chi connectivity index (χ0n) is 13.1. The number of benzene rings is 2. The van der Waals surface area contributed by atoms with Crippen molar-refractivity contribution in [3.05, 3.63) is 71.8 Å². The van der Waals surface area contributed by atoms with Crippen LogP contribution >= 0.6 is 0 Å². The lowest BCUT2D eigenvalue weighted by Crippen LogP contribution is -2.39. The van der Waals surface area contributed by atoms with E-state index in [4.69, 9.17) is 5.11 Å². The van der Waals surface area contributed by atoms with E-state index in [9.17, 15) is 9.59 Å². The van der Waals surface area contributed by atoms with Crippen molar-refractivity contribution in [2.45, 2.75) is 31.7 Å². The van der Waals surface area contributed by atoms with Gasteiger partial charge in [0.2, 0.25) is 5.91 Å². The number of carboxylic acids is 1. The van der Waals surface area contributed by atoms with Crippen LogP contribution in [0.1, 0.15) is 30.4 Å². The molecule has 2 rings (SSSR count). The molecule has 0 aliphatic rings. The first kappa shape index (κ1) is 16.7. The van der Waals surface area contributed by atoms with E-state index in [1.807, 2.05) is 60.7 Å². The molecule has 2 N–H and O–H groups in total. The third kappa shape index (κ3) is 5.25. The van der Waals surface area contributed by atoms with Crippen molar-refractivity contribution in [3.8, 4) is 0 Å². The van der Waals surface area contributed by atoms with E-state index < -0.39 is 12.0 Å². The van der Waals surface area contributed by atoms with Crippen LogP contribution in [-0.4, -0.2) is 23.0 Å². The first-order valence-corrected chi connectivity index (χ1v) is 7.67. The fourth-order valence-electron chi connectivity index (χ4n) is 2.52. The van der Waals surface area contributed by atoms with Gasteiger partial charge in [-0.05, 0) is 30.4 Å². The molecule has 0 bridgehead atoms. The normalized spacial score (nSPS) is 13.1. The number of carbonyl (C=O) groups is 2. The van der Waals surface area contributed by atoms with Crippen molar-refractivity contribution in [3.63, 3.8) is 0 Å². The highest BCUT2D eigenvalue weighted by atomic mass is 16.4. The van der Waals surface area contributed by atoms with Crippen LogP contribution in [0.15, 0.2) is 60.7 Å². The molecular formula is C19H21NO3. The molecule has 0 fully saturated rings. The van der Waals surface area contributed by atoms with Crippen LogP contribution in [0, 0.1) is 0 Å². The topological polar surface area (TPSA) is 66.4 Å². The zero-order chi connectivity index (χ0) is 16.7. The Morgan fingerprint density at radius 2 is 1.57 bits per heavy atom. The molecule has 120 valence electrons. The van der Waals surface area contributed by atoms with Crippen LogP contribution < -0.4 is 5.32 Å². The smallest absolute Gasteiger partial charge is 0.325 e. The lowest BCUT2D eigenvalue weighted by Gasteiger charge is -2.18. The summed E-state index contributed by atoms with van der Waals surface area (Å²) in [7, 11) is 0. The van der Waals surface area contributed by atoms with Gasteiger partial charge in [-0.1, -0.05) is 60.7 Å². The summed E-state index contributed by atoms with van der Waals surface area (Å²) < 4.78 is 0. The summed E-state index contributed by atoms with van der Waals surface area (Å²) in [6.07, 6.45) is 0.996. The molecule has 2 aromatic rings. The standard InChI is InChI=1S/C19H21NO3/c1-14(19(22)23)20-18(21)13-17(16-10-6-3-7-11-16)12-15-8-4-2-5-9-15/h2-11,14,17H,12-13H2,1H3,(H,20,21)(H,22,23)/t14-,17?/m0/s1. The molecular weight excluding hydrogens is 290 g/mol. The molecule has 2 aromatic carbocycles. The SMILES string of the molecule is C[C@H](NC(=O)CC(Cc1ccccc1)c1ccccc1)C(=O)O. The molecule has 0 radical (unpaired) electrons. The highest BCUT2D eigenvalue weighted by Crippen LogP contribution is 2.24. The van der Waals surface area contributed by atoms with Gasteiger partial charge in [0.05, 0.1) is 0 Å². The van der Waals surface area contributed by atoms with E-state index in [2.05, 4.69) is 5.32 Å². The molecule has 23 heavy (non-hydrogen) atoms. The fraction of sp³-hybridized carbons (Fsp3) is 0.263. The Morgan fingerprint density at radius 3 is 2.13 bits per heavy atom. The Morgan fingerprint density at radius 1 is 1.00 bits per heavy atom. The van der Waals surface area contributed by atoms with Gasteiger partial charge in [0.1, 0.15) is 6.04 Å². The number of carbonyl (C=O) groups excluding carboxylic acids is 1. The molecule has 4 nitrogen and oxygen atoms in total. The van der Waals surface area contributed by atoms with Crippen LogP contribution in [0.4, 0.5) is 0 Å². The highest BCUT2D eigenvalue weighted by molar-refractivity contribution is 5.83. The molecule has 0 saturated carbocycles. The molecule has 0 aliphatic heterocycles. The molecule has 1 amide bonds. The largest absolute Gasteiger partial charge is 0.480 e. The molecule has 4 heteroatoms. The first-order chi connectivity index (χ1) is 11.1. The van der Waals surface area contributed by atoms with Crippen molar-refractivity contribution in [2.75, 3.05) is 0 Å². The van der Waals surface area contributed by atoms with E-state index in [-0.39, 0.29) is 18.2 Å². The molecule has 0 spiro atoms. The second kappa shape index (κ2) is 8.13. The summed E-state index contributed by atoms with van der Waals surface area (Å²) in [5.74, 6) is -1.26. The number of carboxylic acid groups (broad SMARTS) is 1. The third-order valence-corrected chi connectivity index (χ3v) is 3.78. The maximum atomic E-state index is 12.2. The summed E-state index contributed by atoms with van der Waals surface area (Å²) in [5.41, 5.74) is 2.23. The van der Waals surface area contributed by atoms with E-state index in [1.54, 1.807) is 0 Å². The zero-order valence-corrected chi connectivity index (χ0v) is 13.1. The quantitative estimate of drug-likeness (QED) is 0.826. The van der Waals surface area contributed by atoms with Crippen LogP contribution in [0.5, 0.6) is 0 Å². The van der Waals surface area contributed by atoms with Crippen molar-refractivity contribution >= 4 is 11.9 Å². The minimum Gasteiger partial charge on any atom is -0.480 e. The number of hydrogen-bond donors (Lipinski definition) is 2. The molecule has 2 atom stereocenters. The third-order valence-electron chi connectivity index (χ3n) is 3.78. The average molecular weight is 311 g/mol. The fourth-order valence-corrected chi connectivity index (χ4v) is 2.52. The Balaban J connectivity index is 2.11. The Labute approximate surface area is 136 Å². The van der Waals surface area contributed by atoms with Crippen LogP contribution in [0.2, 0.25) is 0 Å². The van der Waals surface area contributed by atoms with Gasteiger partial charge in [-0.25, -0.2) is 0 Å². The van der Waals surface area contributed by atoms with Crippen molar-refractivity contribution in [2.24, 2.45) is 0 Å². The van der Waals surface area contributed by atoms with E-state index in [0.29, 0.717) is 0 Å². The lowest BCUT2D eigenvalue weighted by atomic mass is 9.89. The van der Waals surface area contributed by atoms with Gasteiger partial charge in [0.25, 0.3) is 0 Å². The van der Waals surface area contributed by atoms with Gasteiger partial charge in [-0.2, -0.15) is 0 Å². The molecule has 1 unspecified atom stereocenters. The maximum Gasteiger partial charge on any atom is 0.325 e. The summed E-state index contributed by atoms with van der Waals surface area (Å²) in [6, 6.07) is 18.9. The van der Waals surface area contributed by atoms with Crippen molar-refractivity contribution in [1.82, 2.24) is 5.32 Å². The average Bonchev–Trinajstić information content (AvgIpc) is 2.56. The monoisotopic (exact) mass is 311 g/mol. The van der Waals surface area contributed by atoms with Crippen molar-refractivity contribution < 1.29 is 14.7 Å². The van der Waals surface area contributed by atoms with Gasteiger partial charge in [-0.15, -0.1) is 0 Å². The second-order valence-electron chi connectivity index (χ2n) is 5.63. The molecule has 0 saturated heterocycles. The lowest BCUT2D eigenvalue weighted by molar-refractivity contribution is -0.141. The highest BCUT2D eigenvalue weighted by Gasteiger charge is 2.20. The number of hydrogen-bond acceptors (Lipinski definition) is 2. The summed E-state index contributed by atoms with van der Waals surface area (Å²) in [6.45, 7) is 1.47. The van der Waals surface area contributed by atoms with Crippen LogP contribution in [-0.2, 0) is 16.0 Å². The van der Waals surface area contributed by atoms with Gasteiger partial charge >= 0.3 is 5.97 Å². The second-order valence-corrected chi connectivity index (χ2v) is 5.63. The van der Waals surface area contributed by atoms with Crippen molar-refractivity contribution in [1.29, 1.82) is 0 Å². The van der Waals surface area contributed by atoms with Gasteiger partial charge in [0, 0.05) is 6.42 Å². The Hall–Kier alpha value is -2.62. The molecule has 0 aromatic heterocycles. The van der Waals surface area contributed by atoms with E-state index >= 15 is 0 Å². The maximum absolute atomic E-state index is 12.2.